The summed E-state index contributed by atoms with van der Waals surface area (Å²) in [6, 6.07) is 0. The van der Waals surface area contributed by atoms with Crippen LogP contribution < -0.4 is 0 Å². The highest BCUT2D eigenvalue weighted by Gasteiger charge is 2.71. The predicted molar refractivity (Wildman–Crippen MR) is 89.2 cm³/mol. The molecule has 0 spiro atoms. The lowest BCUT2D eigenvalue weighted by Gasteiger charge is -2.39. The molecule has 24 heavy (non-hydrogen) atoms. The van der Waals surface area contributed by atoms with Crippen molar-refractivity contribution >= 4 is 5.97 Å². The molecule has 0 aromatic rings. The monoisotopic (exact) mass is 340 g/mol. The van der Waals surface area contributed by atoms with E-state index in [9.17, 15) is 15.0 Å². The zero-order valence-corrected chi connectivity index (χ0v) is 15.7. The molecule has 0 aromatic carbocycles. The first-order valence-electron chi connectivity index (χ1n) is 9.20. The average Bonchev–Trinajstić information content (AvgIpc) is 3.04. The minimum atomic E-state index is -1.15. The van der Waals surface area contributed by atoms with Crippen molar-refractivity contribution in [3.8, 4) is 0 Å². The highest BCUT2D eigenvalue weighted by molar-refractivity contribution is 5.75. The highest BCUT2D eigenvalue weighted by Crippen LogP contribution is 2.61. The molecule has 1 saturated heterocycles. The second-order valence-corrected chi connectivity index (χ2v) is 9.55. The number of hydrogen-bond acceptors (Lipinski definition) is 5. The molecule has 2 aliphatic carbocycles. The van der Waals surface area contributed by atoms with Crippen LogP contribution in [-0.4, -0.2) is 45.7 Å². The Morgan fingerprint density at radius 1 is 1.29 bits per heavy atom. The molecule has 2 N–H and O–H groups in total. The van der Waals surface area contributed by atoms with Gasteiger partial charge < -0.3 is 19.7 Å². The van der Waals surface area contributed by atoms with Crippen LogP contribution in [0, 0.1) is 23.2 Å². The van der Waals surface area contributed by atoms with Gasteiger partial charge in [0, 0.05) is 12.3 Å². The largest absolute Gasteiger partial charge is 0.459 e. The lowest BCUT2D eigenvalue weighted by molar-refractivity contribution is -0.184. The fraction of sp³-hybridized carbons (Fsp3) is 0.947. The third-order valence-corrected chi connectivity index (χ3v) is 6.55. The van der Waals surface area contributed by atoms with E-state index in [0.29, 0.717) is 12.8 Å². The number of epoxide rings is 1. The van der Waals surface area contributed by atoms with Crippen molar-refractivity contribution in [1.82, 2.24) is 0 Å². The van der Waals surface area contributed by atoms with Gasteiger partial charge in [0.2, 0.25) is 0 Å². The number of carbonyl (C=O) groups excluding carboxylic acids is 1. The number of fused-ring (bicyclic) bond motifs is 3. The molecule has 0 unspecified atom stereocenters. The van der Waals surface area contributed by atoms with Crippen molar-refractivity contribution in [2.24, 2.45) is 23.2 Å². The summed E-state index contributed by atoms with van der Waals surface area (Å²) in [4.78, 5) is 12.5. The number of hydrogen-bond donors (Lipinski definition) is 2. The molecule has 3 aliphatic rings. The summed E-state index contributed by atoms with van der Waals surface area (Å²) < 4.78 is 11.9. The van der Waals surface area contributed by atoms with Crippen molar-refractivity contribution in [2.45, 2.75) is 90.3 Å². The Balaban J connectivity index is 1.95. The van der Waals surface area contributed by atoms with Crippen LogP contribution in [0.2, 0.25) is 0 Å². The molecule has 3 fully saturated rings. The maximum Gasteiger partial charge on any atom is 0.311 e. The summed E-state index contributed by atoms with van der Waals surface area (Å²) in [7, 11) is 0. The highest BCUT2D eigenvalue weighted by atomic mass is 16.6. The first-order valence-corrected chi connectivity index (χ1v) is 9.20. The lowest BCUT2D eigenvalue weighted by Crippen LogP contribution is -2.51. The Kier molecular flexibility index (Phi) is 4.10. The van der Waals surface area contributed by atoms with E-state index < -0.39 is 28.8 Å². The van der Waals surface area contributed by atoms with Crippen LogP contribution in [0.3, 0.4) is 0 Å². The fourth-order valence-corrected chi connectivity index (χ4v) is 4.77. The number of esters is 1. The third kappa shape index (κ3) is 2.60. The second-order valence-electron chi connectivity index (χ2n) is 9.55. The average molecular weight is 340 g/mol. The summed E-state index contributed by atoms with van der Waals surface area (Å²) in [5.41, 5.74) is -2.18. The van der Waals surface area contributed by atoms with E-state index in [1.807, 2.05) is 20.8 Å². The van der Waals surface area contributed by atoms with Crippen LogP contribution in [0.4, 0.5) is 0 Å². The standard InChI is InChI=1S/C19H32O5/c1-10(2)19-9-13(23-16(21)17(3,4)5)18(6,22)11-7-8-12(20)14(11)15(19)24-19/h10-15,20,22H,7-9H2,1-6H3/t11-,12+,13-,14+,15+,18+,19+/m1/s1. The molecule has 0 bridgehead atoms. The van der Waals surface area contributed by atoms with Gasteiger partial charge in [-0.2, -0.15) is 0 Å². The van der Waals surface area contributed by atoms with Gasteiger partial charge in [0.1, 0.15) is 17.3 Å². The molecule has 0 radical (unpaired) electrons. The maximum atomic E-state index is 12.5. The fourth-order valence-electron chi connectivity index (χ4n) is 4.77. The van der Waals surface area contributed by atoms with Crippen LogP contribution in [0.15, 0.2) is 0 Å². The molecule has 2 saturated carbocycles. The summed E-state index contributed by atoms with van der Waals surface area (Å²) in [5, 5.41) is 21.8. The molecule has 0 aromatic heterocycles. The van der Waals surface area contributed by atoms with Gasteiger partial charge >= 0.3 is 5.97 Å². The van der Waals surface area contributed by atoms with Crippen LogP contribution in [0.1, 0.15) is 60.8 Å². The van der Waals surface area contributed by atoms with E-state index in [4.69, 9.17) is 9.47 Å². The molecule has 3 rings (SSSR count). The van der Waals surface area contributed by atoms with Gasteiger partial charge in [-0.15, -0.1) is 0 Å². The van der Waals surface area contributed by atoms with Gasteiger partial charge in [0.25, 0.3) is 0 Å². The Bertz CT molecular complexity index is 520. The van der Waals surface area contributed by atoms with E-state index in [-0.39, 0.29) is 29.8 Å². The van der Waals surface area contributed by atoms with Crippen LogP contribution in [-0.2, 0) is 14.3 Å². The van der Waals surface area contributed by atoms with Gasteiger partial charge in [0.05, 0.1) is 17.6 Å². The summed E-state index contributed by atoms with van der Waals surface area (Å²) in [6.45, 7) is 11.4. The van der Waals surface area contributed by atoms with E-state index in [1.165, 1.54) is 0 Å². The van der Waals surface area contributed by atoms with Crippen LogP contribution in [0.25, 0.3) is 0 Å². The van der Waals surface area contributed by atoms with Crippen molar-refractivity contribution in [3.05, 3.63) is 0 Å². The minimum absolute atomic E-state index is 0.0511. The Morgan fingerprint density at radius 2 is 1.92 bits per heavy atom. The quantitative estimate of drug-likeness (QED) is 0.595. The van der Waals surface area contributed by atoms with Gasteiger partial charge in [-0.1, -0.05) is 13.8 Å². The van der Waals surface area contributed by atoms with Crippen LogP contribution in [0.5, 0.6) is 0 Å². The Morgan fingerprint density at radius 3 is 2.46 bits per heavy atom. The van der Waals surface area contributed by atoms with Gasteiger partial charge in [0.15, 0.2) is 0 Å². The zero-order valence-electron chi connectivity index (χ0n) is 15.7. The van der Waals surface area contributed by atoms with Crippen molar-refractivity contribution in [2.75, 3.05) is 0 Å². The molecular weight excluding hydrogens is 308 g/mol. The zero-order chi connectivity index (χ0) is 18.1. The molecule has 7 atom stereocenters. The summed E-state index contributed by atoms with van der Waals surface area (Å²) >= 11 is 0. The topological polar surface area (TPSA) is 79.3 Å². The van der Waals surface area contributed by atoms with Crippen molar-refractivity contribution in [3.63, 3.8) is 0 Å². The third-order valence-electron chi connectivity index (χ3n) is 6.55. The number of aliphatic hydroxyl groups excluding tert-OH is 1. The first kappa shape index (κ1) is 18.2. The van der Waals surface area contributed by atoms with Crippen molar-refractivity contribution in [1.29, 1.82) is 0 Å². The smallest absolute Gasteiger partial charge is 0.311 e. The van der Waals surface area contributed by atoms with E-state index in [0.717, 1.165) is 6.42 Å². The number of rotatable bonds is 2. The summed E-state index contributed by atoms with van der Waals surface area (Å²) in [5.74, 6) is -0.263. The normalized spacial score (nSPS) is 47.8. The number of ether oxygens (including phenoxy) is 2. The molecule has 1 heterocycles. The molecule has 1 aliphatic heterocycles. The molecule has 138 valence electrons. The number of carbonyl (C=O) groups is 1. The van der Waals surface area contributed by atoms with Gasteiger partial charge in [-0.05, 0) is 52.4 Å². The van der Waals surface area contributed by atoms with Crippen LogP contribution >= 0.6 is 0 Å². The van der Waals surface area contributed by atoms with Crippen molar-refractivity contribution < 1.29 is 24.5 Å². The molecule has 5 heteroatoms. The maximum absolute atomic E-state index is 12.5. The van der Waals surface area contributed by atoms with Gasteiger partial charge in [-0.25, -0.2) is 0 Å². The van der Waals surface area contributed by atoms with E-state index >= 15 is 0 Å². The SMILES string of the molecule is CC(C)[C@@]12C[C@@H](OC(=O)C(C)(C)C)[C@@](C)(O)[C@@H]3CC[C@H](O)[C@H]3[C@@H]1O2. The molecule has 5 nitrogen and oxygen atoms in total. The van der Waals surface area contributed by atoms with Gasteiger partial charge in [-0.3, -0.25) is 4.79 Å². The first-order chi connectivity index (χ1) is 10.9. The predicted octanol–water partition coefficient (Wildman–Crippen LogP) is 2.28. The minimum Gasteiger partial charge on any atom is -0.459 e. The lowest BCUT2D eigenvalue weighted by atomic mass is 9.78. The number of aliphatic hydroxyl groups is 2. The molecular formula is C19H32O5. The molecule has 0 amide bonds. The van der Waals surface area contributed by atoms with E-state index in [2.05, 4.69) is 13.8 Å². The second kappa shape index (κ2) is 5.42. The van der Waals surface area contributed by atoms with E-state index in [1.54, 1.807) is 6.92 Å². The summed E-state index contributed by atoms with van der Waals surface area (Å²) in [6.07, 6.45) is 0.769. The Hall–Kier alpha value is -0.650. The Labute approximate surface area is 144 Å².